The second-order valence-electron chi connectivity index (χ2n) is 7.30. The summed E-state index contributed by atoms with van der Waals surface area (Å²) in [6, 6.07) is 4.47. The molecule has 1 unspecified atom stereocenters. The van der Waals surface area contributed by atoms with E-state index in [0.717, 1.165) is 6.08 Å². The largest absolute Gasteiger partial charge is 0.504 e. The summed E-state index contributed by atoms with van der Waals surface area (Å²) < 4.78 is 25.6. The minimum absolute atomic E-state index is 0.0493. The lowest BCUT2D eigenvalue weighted by Gasteiger charge is -2.36. The maximum Gasteiger partial charge on any atom is 0.330 e. The van der Waals surface area contributed by atoms with E-state index in [0.29, 0.717) is 5.56 Å². The molecule has 2 fully saturated rings. The van der Waals surface area contributed by atoms with E-state index in [1.807, 2.05) is 0 Å². The number of phenolic OH excluding ortho intramolecular Hbond substituents is 1. The van der Waals surface area contributed by atoms with E-state index in [9.17, 15) is 35.4 Å². The van der Waals surface area contributed by atoms with Crippen LogP contribution in [0, 0.1) is 0 Å². The average molecular weight is 458 g/mol. The molecule has 6 N–H and O–H groups in total. The van der Waals surface area contributed by atoms with Crippen molar-refractivity contribution in [2.24, 2.45) is 0 Å². The van der Waals surface area contributed by atoms with Gasteiger partial charge in [-0.25, -0.2) is 4.79 Å². The van der Waals surface area contributed by atoms with E-state index < -0.39 is 61.8 Å². The van der Waals surface area contributed by atoms with Crippen molar-refractivity contribution < 1.29 is 59.1 Å². The molecule has 178 valence electrons. The molecule has 8 atom stereocenters. The van der Waals surface area contributed by atoms with Crippen LogP contribution in [0.4, 0.5) is 0 Å². The fourth-order valence-corrected chi connectivity index (χ4v) is 3.23. The van der Waals surface area contributed by atoms with Crippen LogP contribution in [0.3, 0.4) is 0 Å². The highest BCUT2D eigenvalue weighted by Crippen LogP contribution is 2.28. The van der Waals surface area contributed by atoms with Crippen LogP contribution in [0.1, 0.15) is 5.56 Å². The lowest BCUT2D eigenvalue weighted by molar-refractivity contribution is -0.299. The summed E-state index contributed by atoms with van der Waals surface area (Å²) in [5.41, 5.74) is 0.566. The van der Waals surface area contributed by atoms with Gasteiger partial charge in [0, 0.05) is 6.08 Å². The Morgan fingerprint density at radius 1 is 1.16 bits per heavy atom. The van der Waals surface area contributed by atoms with Gasteiger partial charge in [0.25, 0.3) is 0 Å². The molecule has 2 aliphatic rings. The first-order chi connectivity index (χ1) is 15.2. The van der Waals surface area contributed by atoms with Crippen molar-refractivity contribution in [1.82, 2.24) is 0 Å². The van der Waals surface area contributed by atoms with Crippen LogP contribution in [-0.2, 0) is 23.7 Å². The van der Waals surface area contributed by atoms with Crippen molar-refractivity contribution in [3.05, 3.63) is 29.8 Å². The number of carbonyl (C=O) groups is 1. The van der Waals surface area contributed by atoms with E-state index in [4.69, 9.17) is 23.7 Å². The molecule has 12 heteroatoms. The normalized spacial score (nSPS) is 35.2. The van der Waals surface area contributed by atoms with Crippen LogP contribution >= 0.6 is 0 Å². The second kappa shape index (κ2) is 10.6. The van der Waals surface area contributed by atoms with Crippen molar-refractivity contribution in [2.45, 2.75) is 49.2 Å². The summed E-state index contributed by atoms with van der Waals surface area (Å²) in [7, 11) is 1.39. The molecule has 2 aliphatic heterocycles. The summed E-state index contributed by atoms with van der Waals surface area (Å²) in [6.07, 6.45) is -8.86. The number of rotatable bonds is 7. The van der Waals surface area contributed by atoms with Gasteiger partial charge < -0.3 is 54.3 Å². The first kappa shape index (κ1) is 24.4. The smallest absolute Gasteiger partial charge is 0.330 e. The number of ether oxygens (including phenoxy) is 5. The molecule has 0 aromatic heterocycles. The van der Waals surface area contributed by atoms with Crippen molar-refractivity contribution in [2.75, 3.05) is 20.3 Å². The van der Waals surface area contributed by atoms with Crippen LogP contribution in [0.15, 0.2) is 24.3 Å². The van der Waals surface area contributed by atoms with Gasteiger partial charge in [-0.05, 0) is 23.8 Å². The van der Waals surface area contributed by atoms with E-state index in [2.05, 4.69) is 0 Å². The van der Waals surface area contributed by atoms with Gasteiger partial charge in [-0.15, -0.1) is 0 Å². The van der Waals surface area contributed by atoms with Crippen molar-refractivity contribution >= 4 is 12.0 Å². The molecule has 0 radical (unpaired) electrons. The fourth-order valence-electron chi connectivity index (χ4n) is 3.23. The van der Waals surface area contributed by atoms with Crippen molar-refractivity contribution in [3.8, 4) is 11.5 Å². The topological polar surface area (TPSA) is 185 Å². The number of hydrogen-bond acceptors (Lipinski definition) is 12. The van der Waals surface area contributed by atoms with E-state index in [-0.39, 0.29) is 18.1 Å². The lowest BCUT2D eigenvalue weighted by Crippen LogP contribution is -2.55. The highest BCUT2D eigenvalue weighted by atomic mass is 16.7. The maximum absolute atomic E-state index is 12.0. The molecule has 0 amide bonds. The number of benzene rings is 1. The second-order valence-corrected chi connectivity index (χ2v) is 7.30. The average Bonchev–Trinajstić information content (AvgIpc) is 3.04. The van der Waals surface area contributed by atoms with Crippen LogP contribution in [0.2, 0.25) is 0 Å². The molecule has 0 aliphatic carbocycles. The molecule has 2 saturated heterocycles. The number of carbonyl (C=O) groups excluding carboxylic acids is 1. The van der Waals surface area contributed by atoms with E-state index in [1.165, 1.54) is 25.3 Å². The Balaban J connectivity index is 1.51. The number of methoxy groups -OCH3 is 1. The Morgan fingerprint density at radius 3 is 2.62 bits per heavy atom. The van der Waals surface area contributed by atoms with Crippen LogP contribution in [0.5, 0.6) is 11.5 Å². The third-order valence-electron chi connectivity index (χ3n) is 5.06. The number of aliphatic hydroxyl groups is 5. The van der Waals surface area contributed by atoms with Gasteiger partial charge in [0.05, 0.1) is 13.7 Å². The molecule has 0 saturated carbocycles. The maximum atomic E-state index is 12.0. The first-order valence-corrected chi connectivity index (χ1v) is 9.76. The Labute approximate surface area is 182 Å². The molecule has 1 aromatic carbocycles. The summed E-state index contributed by atoms with van der Waals surface area (Å²) in [5, 5.41) is 59.0. The number of aromatic hydroxyl groups is 1. The summed E-state index contributed by atoms with van der Waals surface area (Å²) in [6.45, 7) is -0.724. The lowest BCUT2D eigenvalue weighted by atomic mass is 10.1. The summed E-state index contributed by atoms with van der Waals surface area (Å²) in [4.78, 5) is 12.0. The van der Waals surface area contributed by atoms with E-state index >= 15 is 0 Å². The van der Waals surface area contributed by atoms with Gasteiger partial charge in [0.2, 0.25) is 0 Å². The number of hydrogen-bond donors (Lipinski definition) is 6. The zero-order valence-electron chi connectivity index (χ0n) is 17.1. The molecule has 1 aromatic rings. The van der Waals surface area contributed by atoms with Gasteiger partial charge in [-0.1, -0.05) is 6.07 Å². The third-order valence-corrected chi connectivity index (χ3v) is 5.06. The number of aliphatic hydroxyl groups excluding tert-OH is 5. The van der Waals surface area contributed by atoms with Gasteiger partial charge >= 0.3 is 5.97 Å². The minimum atomic E-state index is -1.62. The Bertz CT molecular complexity index is 814. The van der Waals surface area contributed by atoms with Crippen LogP contribution in [-0.4, -0.2) is 106 Å². The molecule has 0 spiro atoms. The fraction of sp³-hybridized carbons (Fsp3) is 0.550. The highest BCUT2D eigenvalue weighted by Gasteiger charge is 2.48. The zero-order valence-corrected chi connectivity index (χ0v) is 17.1. The minimum Gasteiger partial charge on any atom is -0.504 e. The zero-order chi connectivity index (χ0) is 23.4. The summed E-state index contributed by atoms with van der Waals surface area (Å²) in [5.74, 6) is -0.571. The van der Waals surface area contributed by atoms with Gasteiger partial charge in [0.1, 0.15) is 43.2 Å². The molecule has 32 heavy (non-hydrogen) atoms. The molecular weight excluding hydrogens is 432 g/mol. The predicted molar refractivity (Wildman–Crippen MR) is 104 cm³/mol. The van der Waals surface area contributed by atoms with E-state index in [1.54, 1.807) is 6.07 Å². The summed E-state index contributed by atoms with van der Waals surface area (Å²) >= 11 is 0. The van der Waals surface area contributed by atoms with Gasteiger partial charge in [-0.2, -0.15) is 0 Å². The predicted octanol–water partition coefficient (Wildman–Crippen LogP) is -2.14. The molecule has 0 bridgehead atoms. The SMILES string of the molecule is COc1cc(/C=C/C(=O)OC[C@@H]2OC(O)[C@H](O[C@@H]3OC[C@@H](O)[C@H](O)[C@H]3O)[C@H]2O)ccc1O. The van der Waals surface area contributed by atoms with Crippen LogP contribution in [0.25, 0.3) is 6.08 Å². The Morgan fingerprint density at radius 2 is 1.91 bits per heavy atom. The van der Waals surface area contributed by atoms with Gasteiger partial charge in [0.15, 0.2) is 24.1 Å². The van der Waals surface area contributed by atoms with Gasteiger partial charge in [-0.3, -0.25) is 0 Å². The first-order valence-electron chi connectivity index (χ1n) is 9.76. The Hall–Kier alpha value is -2.29. The number of esters is 1. The van der Waals surface area contributed by atoms with Crippen molar-refractivity contribution in [1.29, 1.82) is 0 Å². The standard InChI is InChI=1S/C20H26O12/c1-28-12-6-9(2-4-10(12)21)3-5-14(23)29-8-13-16(25)18(19(27)31-13)32-20-17(26)15(24)11(22)7-30-20/h2-6,11,13,15-22,24-27H,7-8H2,1H3/b5-3+/t11-,13+,15+,16+,17-,18-,19?,20+/m1/s1. The number of phenols is 1. The molecule has 12 nitrogen and oxygen atoms in total. The third kappa shape index (κ3) is 5.54. The quantitative estimate of drug-likeness (QED) is 0.193. The molecule has 2 heterocycles. The van der Waals surface area contributed by atoms with Crippen molar-refractivity contribution in [3.63, 3.8) is 0 Å². The highest BCUT2D eigenvalue weighted by molar-refractivity contribution is 5.87. The molecular formula is C20H26O12. The Kier molecular flexibility index (Phi) is 8.03. The molecule has 3 rings (SSSR count). The van der Waals surface area contributed by atoms with Crippen LogP contribution < -0.4 is 4.74 Å². The monoisotopic (exact) mass is 458 g/mol.